The monoisotopic (exact) mass is 274 g/mol. The van der Waals surface area contributed by atoms with E-state index in [1.54, 1.807) is 0 Å². The molecule has 1 aliphatic carbocycles. The lowest BCUT2D eigenvalue weighted by molar-refractivity contribution is 0.316. The molecule has 0 spiro atoms. The fourth-order valence-electron chi connectivity index (χ4n) is 1.74. The van der Waals surface area contributed by atoms with Crippen LogP contribution in [0.15, 0.2) is 23.1 Å². The Morgan fingerprint density at radius 3 is 2.65 bits per heavy atom. The molecule has 0 saturated heterocycles. The third-order valence-electron chi connectivity index (χ3n) is 3.03. The van der Waals surface area contributed by atoms with Crippen molar-refractivity contribution in [3.8, 4) is 0 Å². The Kier molecular flexibility index (Phi) is 3.61. The zero-order chi connectivity index (χ0) is 12.5. The van der Waals surface area contributed by atoms with E-state index in [9.17, 15) is 8.42 Å². The minimum atomic E-state index is -3.52. The van der Waals surface area contributed by atoms with Gasteiger partial charge in [-0.25, -0.2) is 13.1 Å². The van der Waals surface area contributed by atoms with E-state index in [0.29, 0.717) is 18.2 Å². The Balaban J connectivity index is 2.12. The summed E-state index contributed by atoms with van der Waals surface area (Å²) in [6, 6.07) is 4.41. The predicted molar refractivity (Wildman–Crippen MR) is 68.4 cm³/mol. The van der Waals surface area contributed by atoms with Crippen LogP contribution in [-0.2, 0) is 10.0 Å². The van der Waals surface area contributed by atoms with E-state index in [2.05, 4.69) is 4.72 Å². The second kappa shape index (κ2) is 4.84. The van der Waals surface area contributed by atoms with E-state index < -0.39 is 10.0 Å². The lowest BCUT2D eigenvalue weighted by atomic mass is 9.86. The normalized spacial score (nSPS) is 16.8. The van der Waals surface area contributed by atoms with E-state index in [4.69, 9.17) is 17.3 Å². The predicted octanol–water partition coefficient (Wildman–Crippen LogP) is 2.00. The van der Waals surface area contributed by atoms with Gasteiger partial charge in [0, 0.05) is 12.2 Å². The molecule has 0 bridgehead atoms. The average Bonchev–Trinajstić information content (AvgIpc) is 2.13. The van der Waals surface area contributed by atoms with Crippen LogP contribution in [0.25, 0.3) is 0 Å². The smallest absolute Gasteiger partial charge is 0.242 e. The number of halogens is 1. The minimum Gasteiger partial charge on any atom is -0.399 e. The summed E-state index contributed by atoms with van der Waals surface area (Å²) in [5, 5.41) is 0.158. The third-order valence-corrected chi connectivity index (χ3v) is 4.94. The molecule has 1 saturated carbocycles. The zero-order valence-corrected chi connectivity index (χ0v) is 10.9. The summed E-state index contributed by atoms with van der Waals surface area (Å²) >= 11 is 5.88. The first-order valence-corrected chi connectivity index (χ1v) is 7.40. The van der Waals surface area contributed by atoms with Gasteiger partial charge in [-0.15, -0.1) is 0 Å². The summed E-state index contributed by atoms with van der Waals surface area (Å²) in [4.78, 5) is 0.0905. The highest BCUT2D eigenvalue weighted by Gasteiger charge is 2.22. The number of sulfonamides is 1. The molecule has 2 rings (SSSR count). The van der Waals surface area contributed by atoms with Crippen LogP contribution in [0.5, 0.6) is 0 Å². The van der Waals surface area contributed by atoms with Crippen LogP contribution < -0.4 is 10.5 Å². The van der Waals surface area contributed by atoms with Crippen molar-refractivity contribution < 1.29 is 8.42 Å². The molecule has 1 fully saturated rings. The number of rotatable bonds is 4. The molecule has 0 aliphatic heterocycles. The molecule has 0 radical (unpaired) electrons. The Morgan fingerprint density at radius 2 is 2.12 bits per heavy atom. The third kappa shape index (κ3) is 2.91. The first-order chi connectivity index (χ1) is 7.99. The molecule has 17 heavy (non-hydrogen) atoms. The van der Waals surface area contributed by atoms with Crippen molar-refractivity contribution in [1.29, 1.82) is 0 Å². The van der Waals surface area contributed by atoms with Crippen LogP contribution >= 0.6 is 11.6 Å². The average molecular weight is 275 g/mol. The quantitative estimate of drug-likeness (QED) is 0.825. The first-order valence-electron chi connectivity index (χ1n) is 5.54. The summed E-state index contributed by atoms with van der Waals surface area (Å²) < 4.78 is 26.5. The van der Waals surface area contributed by atoms with Gasteiger partial charge in [-0.2, -0.15) is 0 Å². The summed E-state index contributed by atoms with van der Waals surface area (Å²) in [6.07, 6.45) is 3.38. The highest BCUT2D eigenvalue weighted by molar-refractivity contribution is 7.89. The SMILES string of the molecule is Nc1ccc(S(=O)(=O)NCC2CCC2)c(Cl)c1. The number of nitrogens with one attached hydrogen (secondary N) is 1. The largest absolute Gasteiger partial charge is 0.399 e. The molecule has 0 unspecified atom stereocenters. The van der Waals surface area contributed by atoms with E-state index in [-0.39, 0.29) is 9.92 Å². The van der Waals surface area contributed by atoms with Gasteiger partial charge in [0.05, 0.1) is 5.02 Å². The number of anilines is 1. The lowest BCUT2D eigenvalue weighted by Crippen LogP contribution is -2.32. The Hall–Kier alpha value is -0.780. The molecular formula is C11H15ClN2O2S. The standard InChI is InChI=1S/C11H15ClN2O2S/c12-10-6-9(13)4-5-11(10)17(15,16)14-7-8-2-1-3-8/h4-6,8,14H,1-3,7,13H2. The lowest BCUT2D eigenvalue weighted by Gasteiger charge is -2.25. The number of benzene rings is 1. The molecular weight excluding hydrogens is 260 g/mol. The van der Waals surface area contributed by atoms with Crippen LogP contribution in [0.2, 0.25) is 5.02 Å². The summed E-state index contributed by atoms with van der Waals surface area (Å²) in [6.45, 7) is 0.489. The van der Waals surface area contributed by atoms with Gasteiger partial charge in [-0.05, 0) is 37.0 Å². The van der Waals surface area contributed by atoms with Gasteiger partial charge in [0.25, 0.3) is 0 Å². The van der Waals surface area contributed by atoms with E-state index in [1.807, 2.05) is 0 Å². The van der Waals surface area contributed by atoms with Crippen LogP contribution in [0, 0.1) is 5.92 Å². The molecule has 1 aliphatic rings. The van der Waals surface area contributed by atoms with Gasteiger partial charge < -0.3 is 5.73 Å². The topological polar surface area (TPSA) is 72.2 Å². The van der Waals surface area contributed by atoms with Crippen molar-refractivity contribution >= 4 is 27.3 Å². The van der Waals surface area contributed by atoms with Gasteiger partial charge in [0.2, 0.25) is 10.0 Å². The molecule has 94 valence electrons. The summed E-state index contributed by atoms with van der Waals surface area (Å²) in [5.41, 5.74) is 5.98. The molecule has 1 aromatic carbocycles. The Labute approximate surface area is 106 Å². The fourth-order valence-corrected chi connectivity index (χ4v) is 3.40. The molecule has 0 amide bonds. The molecule has 0 aromatic heterocycles. The van der Waals surface area contributed by atoms with Gasteiger partial charge in [-0.1, -0.05) is 18.0 Å². The molecule has 3 N–H and O–H groups in total. The van der Waals surface area contributed by atoms with Crippen LogP contribution in [-0.4, -0.2) is 15.0 Å². The van der Waals surface area contributed by atoms with Crippen molar-refractivity contribution in [2.45, 2.75) is 24.2 Å². The Bertz CT molecular complexity index is 512. The van der Waals surface area contributed by atoms with E-state index >= 15 is 0 Å². The highest BCUT2D eigenvalue weighted by Crippen LogP contribution is 2.27. The summed E-state index contributed by atoms with van der Waals surface area (Å²) in [5.74, 6) is 0.470. The van der Waals surface area contributed by atoms with Crippen molar-refractivity contribution in [3.63, 3.8) is 0 Å². The second-order valence-electron chi connectivity index (χ2n) is 4.34. The van der Waals surface area contributed by atoms with Crippen molar-refractivity contribution in [2.24, 2.45) is 5.92 Å². The summed E-state index contributed by atoms with van der Waals surface area (Å²) in [7, 11) is -3.52. The van der Waals surface area contributed by atoms with E-state index in [1.165, 1.54) is 24.6 Å². The maximum absolute atomic E-state index is 12.0. The molecule has 4 nitrogen and oxygen atoms in total. The van der Waals surface area contributed by atoms with Crippen molar-refractivity contribution in [1.82, 2.24) is 4.72 Å². The van der Waals surface area contributed by atoms with Gasteiger partial charge in [-0.3, -0.25) is 0 Å². The fraction of sp³-hybridized carbons (Fsp3) is 0.455. The minimum absolute atomic E-state index is 0.0905. The van der Waals surface area contributed by atoms with Crippen LogP contribution in [0.3, 0.4) is 0 Å². The van der Waals surface area contributed by atoms with Crippen molar-refractivity contribution in [2.75, 3.05) is 12.3 Å². The molecule has 6 heteroatoms. The maximum Gasteiger partial charge on any atom is 0.242 e. The van der Waals surface area contributed by atoms with Crippen molar-refractivity contribution in [3.05, 3.63) is 23.2 Å². The first kappa shape index (κ1) is 12.7. The number of hydrogen-bond acceptors (Lipinski definition) is 3. The van der Waals surface area contributed by atoms with Gasteiger partial charge in [0.15, 0.2) is 0 Å². The number of nitrogens with two attached hydrogens (primary N) is 1. The van der Waals surface area contributed by atoms with Crippen LogP contribution in [0.4, 0.5) is 5.69 Å². The van der Waals surface area contributed by atoms with E-state index in [0.717, 1.165) is 12.8 Å². The van der Waals surface area contributed by atoms with Gasteiger partial charge in [0.1, 0.15) is 4.90 Å². The van der Waals surface area contributed by atoms with Gasteiger partial charge >= 0.3 is 0 Å². The zero-order valence-electron chi connectivity index (χ0n) is 9.32. The maximum atomic E-state index is 12.0. The number of nitrogen functional groups attached to an aromatic ring is 1. The molecule has 0 atom stereocenters. The second-order valence-corrected chi connectivity index (χ2v) is 6.48. The molecule has 0 heterocycles. The number of hydrogen-bond donors (Lipinski definition) is 2. The van der Waals surface area contributed by atoms with Crippen LogP contribution in [0.1, 0.15) is 19.3 Å². The Morgan fingerprint density at radius 1 is 1.41 bits per heavy atom. The molecule has 1 aromatic rings. The highest BCUT2D eigenvalue weighted by atomic mass is 35.5.